The Morgan fingerprint density at radius 3 is 2.49 bits per heavy atom. The van der Waals surface area contributed by atoms with E-state index in [9.17, 15) is 13.2 Å². The molecule has 9 nitrogen and oxygen atoms in total. The number of sulfonamides is 1. The van der Waals surface area contributed by atoms with E-state index in [4.69, 9.17) is 25.8 Å². The van der Waals surface area contributed by atoms with Gasteiger partial charge in [-0.15, -0.1) is 0 Å². The second kappa shape index (κ2) is 11.8. The van der Waals surface area contributed by atoms with Crippen LogP contribution in [0.2, 0.25) is 5.02 Å². The lowest BCUT2D eigenvalue weighted by Gasteiger charge is -2.34. The normalized spacial score (nSPS) is 16.2. The van der Waals surface area contributed by atoms with Gasteiger partial charge in [-0.1, -0.05) is 48.0 Å². The average Bonchev–Trinajstić information content (AvgIpc) is 3.41. The third-order valence-corrected chi connectivity index (χ3v) is 8.60. The van der Waals surface area contributed by atoms with Crippen LogP contribution in [-0.4, -0.2) is 63.7 Å². The fraction of sp³-hybridized carbons (Fsp3) is 0.321. The Morgan fingerprint density at radius 1 is 1.00 bits per heavy atom. The third kappa shape index (κ3) is 6.65. The third-order valence-electron chi connectivity index (χ3n) is 6.76. The van der Waals surface area contributed by atoms with Gasteiger partial charge in [0.25, 0.3) is 5.91 Å². The van der Waals surface area contributed by atoms with Gasteiger partial charge in [-0.2, -0.15) is 0 Å². The van der Waals surface area contributed by atoms with E-state index in [1.807, 2.05) is 48.5 Å². The zero-order valence-electron chi connectivity index (χ0n) is 21.5. The Hall–Kier alpha value is -3.31. The fourth-order valence-corrected chi connectivity index (χ4v) is 6.12. The maximum absolute atomic E-state index is 12.9. The summed E-state index contributed by atoms with van der Waals surface area (Å²) in [5.41, 5.74) is 1.98. The van der Waals surface area contributed by atoms with Crippen molar-refractivity contribution in [1.29, 1.82) is 0 Å². The standard InChI is InChI=1S/C28H30ClN3O6S/c1-20(22-5-3-2-4-6-22)30-39(34,35)23-8-10-25(24(29)16-23)36-18-28(33)32-13-11-31(12-14-32)17-21-7-9-26-27(15-21)38-19-37-26/h2-10,15-16,20,30H,11-14,17-19H2,1H3/t20-/m1/s1. The highest BCUT2D eigenvalue weighted by Crippen LogP contribution is 2.33. The van der Waals surface area contributed by atoms with Crippen LogP contribution in [0.25, 0.3) is 0 Å². The first kappa shape index (κ1) is 27.3. The zero-order chi connectivity index (χ0) is 27.4. The molecule has 0 bridgehead atoms. The molecule has 2 aliphatic rings. The molecular weight excluding hydrogens is 542 g/mol. The molecule has 1 fully saturated rings. The maximum Gasteiger partial charge on any atom is 0.260 e. The van der Waals surface area contributed by atoms with Crippen molar-refractivity contribution < 1.29 is 27.4 Å². The number of halogens is 1. The van der Waals surface area contributed by atoms with Gasteiger partial charge < -0.3 is 19.1 Å². The number of piperazine rings is 1. The van der Waals surface area contributed by atoms with Crippen LogP contribution in [0.1, 0.15) is 24.1 Å². The number of hydrogen-bond donors (Lipinski definition) is 1. The van der Waals surface area contributed by atoms with Crippen molar-refractivity contribution in [2.45, 2.75) is 24.4 Å². The number of hydrogen-bond acceptors (Lipinski definition) is 7. The molecule has 0 unspecified atom stereocenters. The second-order valence-electron chi connectivity index (χ2n) is 9.48. The topological polar surface area (TPSA) is 97.4 Å². The lowest BCUT2D eigenvalue weighted by molar-refractivity contribution is -0.135. The zero-order valence-corrected chi connectivity index (χ0v) is 23.1. The Morgan fingerprint density at radius 2 is 1.74 bits per heavy atom. The summed E-state index contributed by atoms with van der Waals surface area (Å²) < 4.78 is 44.8. The first-order chi connectivity index (χ1) is 18.8. The van der Waals surface area contributed by atoms with Gasteiger partial charge in [0, 0.05) is 38.8 Å². The molecule has 0 aliphatic carbocycles. The molecule has 0 saturated carbocycles. The highest BCUT2D eigenvalue weighted by molar-refractivity contribution is 7.89. The van der Waals surface area contributed by atoms with E-state index in [1.54, 1.807) is 11.8 Å². The minimum Gasteiger partial charge on any atom is -0.482 e. The van der Waals surface area contributed by atoms with Crippen LogP contribution in [0, 0.1) is 0 Å². The van der Waals surface area contributed by atoms with Gasteiger partial charge in [0.2, 0.25) is 16.8 Å². The van der Waals surface area contributed by atoms with Gasteiger partial charge in [0.15, 0.2) is 18.1 Å². The minimum atomic E-state index is -3.81. The van der Waals surface area contributed by atoms with Crippen molar-refractivity contribution in [2.24, 2.45) is 0 Å². The van der Waals surface area contributed by atoms with E-state index in [0.29, 0.717) is 13.1 Å². The van der Waals surface area contributed by atoms with Gasteiger partial charge in [-0.25, -0.2) is 13.1 Å². The van der Waals surface area contributed by atoms with Crippen molar-refractivity contribution in [2.75, 3.05) is 39.6 Å². The Labute approximate surface area is 233 Å². The lowest BCUT2D eigenvalue weighted by Crippen LogP contribution is -2.49. The summed E-state index contributed by atoms with van der Waals surface area (Å²) in [7, 11) is -3.81. The fourth-order valence-electron chi connectivity index (χ4n) is 4.56. The molecule has 1 N–H and O–H groups in total. The Kier molecular flexibility index (Phi) is 8.27. The van der Waals surface area contributed by atoms with E-state index < -0.39 is 16.1 Å². The van der Waals surface area contributed by atoms with Gasteiger partial charge >= 0.3 is 0 Å². The molecule has 2 heterocycles. The van der Waals surface area contributed by atoms with Crippen LogP contribution in [-0.2, 0) is 21.4 Å². The van der Waals surface area contributed by atoms with Crippen LogP contribution in [0.15, 0.2) is 71.6 Å². The second-order valence-corrected chi connectivity index (χ2v) is 11.6. The number of carbonyl (C=O) groups excluding carboxylic acids is 1. The first-order valence-corrected chi connectivity index (χ1v) is 14.5. The number of benzene rings is 3. The van der Waals surface area contributed by atoms with Gasteiger partial charge in [0.05, 0.1) is 9.92 Å². The van der Waals surface area contributed by atoms with Crippen LogP contribution in [0.4, 0.5) is 0 Å². The largest absolute Gasteiger partial charge is 0.482 e. The molecule has 0 aromatic heterocycles. The molecule has 3 aromatic carbocycles. The molecule has 0 spiro atoms. The molecule has 206 valence electrons. The van der Waals surface area contributed by atoms with E-state index in [1.165, 1.54) is 18.2 Å². The molecule has 1 saturated heterocycles. The number of nitrogens with one attached hydrogen (secondary N) is 1. The average molecular weight is 572 g/mol. The summed E-state index contributed by atoms with van der Waals surface area (Å²) in [5, 5.41) is 0.117. The Balaban J connectivity index is 1.10. The van der Waals surface area contributed by atoms with Crippen LogP contribution < -0.4 is 18.9 Å². The molecule has 11 heteroatoms. The van der Waals surface area contributed by atoms with E-state index in [-0.39, 0.29) is 35.0 Å². The molecule has 1 amide bonds. The summed E-state index contributed by atoms with van der Waals surface area (Å²) in [6.07, 6.45) is 0. The summed E-state index contributed by atoms with van der Waals surface area (Å²) >= 11 is 6.32. The molecule has 2 aliphatic heterocycles. The highest BCUT2D eigenvalue weighted by Gasteiger charge is 2.24. The predicted octanol–water partition coefficient (Wildman–Crippen LogP) is 3.83. The highest BCUT2D eigenvalue weighted by atomic mass is 35.5. The van der Waals surface area contributed by atoms with Crippen molar-refractivity contribution in [3.05, 3.63) is 82.9 Å². The number of fused-ring (bicyclic) bond motifs is 1. The van der Waals surface area contributed by atoms with Crippen molar-refractivity contribution in [1.82, 2.24) is 14.5 Å². The number of amides is 1. The van der Waals surface area contributed by atoms with Crippen LogP contribution in [0.3, 0.4) is 0 Å². The van der Waals surface area contributed by atoms with Crippen molar-refractivity contribution in [3.63, 3.8) is 0 Å². The molecule has 39 heavy (non-hydrogen) atoms. The number of rotatable bonds is 9. The summed E-state index contributed by atoms with van der Waals surface area (Å²) in [4.78, 5) is 16.8. The number of carbonyl (C=O) groups is 1. The summed E-state index contributed by atoms with van der Waals surface area (Å²) in [6, 6.07) is 19.0. The molecule has 5 rings (SSSR count). The van der Waals surface area contributed by atoms with Crippen molar-refractivity contribution in [3.8, 4) is 17.2 Å². The molecular formula is C28H30ClN3O6S. The molecule has 0 radical (unpaired) electrons. The van der Waals surface area contributed by atoms with Crippen LogP contribution >= 0.6 is 11.6 Å². The molecule has 3 aromatic rings. The number of nitrogens with zero attached hydrogens (tertiary/aromatic N) is 2. The Bertz CT molecular complexity index is 1430. The van der Waals surface area contributed by atoms with E-state index >= 15 is 0 Å². The number of ether oxygens (including phenoxy) is 3. The lowest BCUT2D eigenvalue weighted by atomic mass is 10.1. The quantitative estimate of drug-likeness (QED) is 0.417. The van der Waals surface area contributed by atoms with Gasteiger partial charge in [-0.05, 0) is 48.4 Å². The van der Waals surface area contributed by atoms with E-state index in [0.717, 1.165) is 42.3 Å². The van der Waals surface area contributed by atoms with E-state index in [2.05, 4.69) is 9.62 Å². The van der Waals surface area contributed by atoms with Gasteiger partial charge in [-0.3, -0.25) is 9.69 Å². The smallest absolute Gasteiger partial charge is 0.260 e. The van der Waals surface area contributed by atoms with Gasteiger partial charge in [0.1, 0.15) is 5.75 Å². The molecule has 1 atom stereocenters. The summed E-state index contributed by atoms with van der Waals surface area (Å²) in [6.45, 7) is 5.25. The van der Waals surface area contributed by atoms with Crippen molar-refractivity contribution >= 4 is 27.5 Å². The maximum atomic E-state index is 12.9. The SMILES string of the molecule is C[C@@H](NS(=O)(=O)c1ccc(OCC(=O)N2CCN(Cc3ccc4c(c3)OCO4)CC2)c(Cl)c1)c1ccccc1. The summed E-state index contributed by atoms with van der Waals surface area (Å²) in [5.74, 6) is 1.63. The monoisotopic (exact) mass is 571 g/mol. The van der Waals surface area contributed by atoms with Crippen LogP contribution in [0.5, 0.6) is 17.2 Å². The minimum absolute atomic E-state index is 0.0209. The first-order valence-electron chi connectivity index (χ1n) is 12.7. The predicted molar refractivity (Wildman–Crippen MR) is 147 cm³/mol.